The first-order chi connectivity index (χ1) is 8.92. The SMILES string of the molecule is CC1CCCC(NS(=O)(=O)c2cnccc2Cl)C1C. The highest BCUT2D eigenvalue weighted by molar-refractivity contribution is 7.89. The normalized spacial score (nSPS) is 28.3. The van der Waals surface area contributed by atoms with Crippen LogP contribution >= 0.6 is 11.6 Å². The quantitative estimate of drug-likeness (QED) is 0.934. The Bertz CT molecular complexity index is 547. The highest BCUT2D eigenvalue weighted by Gasteiger charge is 2.31. The van der Waals surface area contributed by atoms with Crippen molar-refractivity contribution in [1.29, 1.82) is 0 Å². The summed E-state index contributed by atoms with van der Waals surface area (Å²) >= 11 is 5.93. The largest absolute Gasteiger partial charge is 0.263 e. The van der Waals surface area contributed by atoms with Gasteiger partial charge in [0.15, 0.2) is 0 Å². The van der Waals surface area contributed by atoms with Gasteiger partial charge in [0.2, 0.25) is 10.0 Å². The molecule has 1 aromatic heterocycles. The molecule has 106 valence electrons. The van der Waals surface area contributed by atoms with Crippen molar-refractivity contribution < 1.29 is 8.42 Å². The van der Waals surface area contributed by atoms with Crippen molar-refractivity contribution in [2.75, 3.05) is 0 Å². The molecule has 1 fully saturated rings. The van der Waals surface area contributed by atoms with Crippen molar-refractivity contribution in [2.24, 2.45) is 11.8 Å². The van der Waals surface area contributed by atoms with Gasteiger partial charge in [-0.1, -0.05) is 38.3 Å². The number of hydrogen-bond acceptors (Lipinski definition) is 3. The summed E-state index contributed by atoms with van der Waals surface area (Å²) in [6.07, 6.45) is 5.86. The van der Waals surface area contributed by atoms with Gasteiger partial charge in [-0.3, -0.25) is 4.98 Å². The molecule has 2 rings (SSSR count). The summed E-state index contributed by atoms with van der Waals surface area (Å²) in [5.41, 5.74) is 0. The molecule has 0 saturated heterocycles. The average molecular weight is 303 g/mol. The van der Waals surface area contributed by atoms with E-state index in [1.54, 1.807) is 0 Å². The van der Waals surface area contributed by atoms with Crippen LogP contribution in [0.15, 0.2) is 23.4 Å². The second-order valence-electron chi connectivity index (χ2n) is 5.30. The molecule has 1 saturated carbocycles. The zero-order valence-corrected chi connectivity index (χ0v) is 12.7. The molecule has 3 unspecified atom stereocenters. The molecular formula is C13H19ClN2O2S. The molecule has 6 heteroatoms. The number of nitrogens with zero attached hydrogens (tertiary/aromatic N) is 1. The average Bonchev–Trinajstić information content (AvgIpc) is 2.35. The van der Waals surface area contributed by atoms with Gasteiger partial charge in [0.25, 0.3) is 0 Å². The summed E-state index contributed by atoms with van der Waals surface area (Å²) in [6.45, 7) is 4.27. The van der Waals surface area contributed by atoms with Crippen molar-refractivity contribution in [2.45, 2.75) is 44.0 Å². The van der Waals surface area contributed by atoms with Crippen molar-refractivity contribution in [3.05, 3.63) is 23.5 Å². The number of rotatable bonds is 3. The third kappa shape index (κ3) is 3.27. The van der Waals surface area contributed by atoms with E-state index in [9.17, 15) is 8.42 Å². The number of aromatic nitrogens is 1. The van der Waals surface area contributed by atoms with Crippen molar-refractivity contribution >= 4 is 21.6 Å². The minimum absolute atomic E-state index is 0.0231. The fourth-order valence-electron chi connectivity index (χ4n) is 2.57. The number of sulfonamides is 1. The van der Waals surface area contributed by atoms with Gasteiger partial charge in [-0.05, 0) is 24.3 Å². The van der Waals surface area contributed by atoms with Crippen LogP contribution in [0.1, 0.15) is 33.1 Å². The van der Waals surface area contributed by atoms with Crippen molar-refractivity contribution in [3.8, 4) is 0 Å². The van der Waals surface area contributed by atoms with Gasteiger partial charge < -0.3 is 0 Å². The lowest BCUT2D eigenvalue weighted by atomic mass is 9.78. The van der Waals surface area contributed by atoms with Crippen LogP contribution < -0.4 is 4.72 Å². The number of pyridine rings is 1. The summed E-state index contributed by atoms with van der Waals surface area (Å²) in [4.78, 5) is 3.89. The van der Waals surface area contributed by atoms with Crippen LogP contribution in [0.3, 0.4) is 0 Å². The molecule has 1 aliphatic rings. The summed E-state index contributed by atoms with van der Waals surface area (Å²) in [5, 5.41) is 0.207. The maximum atomic E-state index is 12.3. The first-order valence-corrected chi connectivity index (χ1v) is 8.40. The monoisotopic (exact) mass is 302 g/mol. The molecule has 19 heavy (non-hydrogen) atoms. The summed E-state index contributed by atoms with van der Waals surface area (Å²) in [5.74, 6) is 0.866. The molecule has 0 aromatic carbocycles. The Morgan fingerprint density at radius 1 is 1.37 bits per heavy atom. The van der Waals surface area contributed by atoms with Crippen LogP contribution in [0.5, 0.6) is 0 Å². The van der Waals surface area contributed by atoms with Crippen LogP contribution in [0, 0.1) is 11.8 Å². The molecule has 0 radical (unpaired) electrons. The number of nitrogens with one attached hydrogen (secondary N) is 1. The molecule has 1 N–H and O–H groups in total. The van der Waals surface area contributed by atoms with Gasteiger partial charge >= 0.3 is 0 Å². The first kappa shape index (κ1) is 14.8. The topological polar surface area (TPSA) is 59.1 Å². The first-order valence-electron chi connectivity index (χ1n) is 6.53. The highest BCUT2D eigenvalue weighted by atomic mass is 35.5. The van der Waals surface area contributed by atoms with Crippen LogP contribution in [-0.2, 0) is 10.0 Å². The Hall–Kier alpha value is -0.650. The lowest BCUT2D eigenvalue weighted by Gasteiger charge is -2.34. The second-order valence-corrected chi connectivity index (χ2v) is 7.39. The van der Waals surface area contributed by atoms with Gasteiger partial charge in [-0.2, -0.15) is 0 Å². The Morgan fingerprint density at radius 3 is 2.79 bits per heavy atom. The molecule has 0 amide bonds. The Kier molecular flexibility index (Phi) is 4.48. The molecule has 1 heterocycles. The van der Waals surface area contributed by atoms with E-state index >= 15 is 0 Å². The Morgan fingerprint density at radius 2 is 2.11 bits per heavy atom. The van der Waals surface area contributed by atoms with E-state index in [4.69, 9.17) is 11.6 Å². The van der Waals surface area contributed by atoms with E-state index in [1.165, 1.54) is 18.5 Å². The smallest absolute Gasteiger partial charge is 0.243 e. The molecule has 1 aliphatic carbocycles. The van der Waals surface area contributed by atoms with Crippen LogP contribution in [0.25, 0.3) is 0 Å². The van der Waals surface area contributed by atoms with E-state index in [1.807, 2.05) is 0 Å². The second kappa shape index (κ2) is 5.77. The molecule has 0 bridgehead atoms. The van der Waals surface area contributed by atoms with E-state index in [2.05, 4.69) is 23.6 Å². The fraction of sp³-hybridized carbons (Fsp3) is 0.615. The maximum absolute atomic E-state index is 12.3. The Balaban J connectivity index is 2.20. The molecule has 3 atom stereocenters. The van der Waals surface area contributed by atoms with Crippen molar-refractivity contribution in [1.82, 2.24) is 9.71 Å². The van der Waals surface area contributed by atoms with E-state index < -0.39 is 10.0 Å². The lowest BCUT2D eigenvalue weighted by Crippen LogP contribution is -2.43. The third-order valence-electron chi connectivity index (χ3n) is 4.04. The number of halogens is 1. The standard InChI is InChI=1S/C13H19ClN2O2S/c1-9-4-3-5-12(10(9)2)16-19(17,18)13-8-15-7-6-11(13)14/h6-10,12,16H,3-5H2,1-2H3. The predicted molar refractivity (Wildman–Crippen MR) is 75.5 cm³/mol. The van der Waals surface area contributed by atoms with Crippen LogP contribution in [0.4, 0.5) is 0 Å². The van der Waals surface area contributed by atoms with E-state index in [-0.39, 0.29) is 16.0 Å². The predicted octanol–water partition coefficient (Wildman–Crippen LogP) is 2.84. The summed E-state index contributed by atoms with van der Waals surface area (Å²) in [6, 6.07) is 1.47. The van der Waals surface area contributed by atoms with E-state index in [0.717, 1.165) is 19.3 Å². The maximum Gasteiger partial charge on any atom is 0.243 e. The van der Waals surface area contributed by atoms with Crippen LogP contribution in [-0.4, -0.2) is 19.4 Å². The molecular weight excluding hydrogens is 284 g/mol. The zero-order chi connectivity index (χ0) is 14.0. The third-order valence-corrected chi connectivity index (χ3v) is 6.00. The Labute approximate surface area is 119 Å². The van der Waals surface area contributed by atoms with Crippen LogP contribution in [0.2, 0.25) is 5.02 Å². The highest BCUT2D eigenvalue weighted by Crippen LogP contribution is 2.31. The fourth-order valence-corrected chi connectivity index (χ4v) is 4.36. The number of hydrogen-bond donors (Lipinski definition) is 1. The summed E-state index contributed by atoms with van der Waals surface area (Å²) in [7, 11) is -3.59. The molecule has 1 aromatic rings. The molecule has 4 nitrogen and oxygen atoms in total. The lowest BCUT2D eigenvalue weighted by molar-refractivity contribution is 0.227. The van der Waals surface area contributed by atoms with Gasteiger partial charge in [0, 0.05) is 18.4 Å². The van der Waals surface area contributed by atoms with Crippen molar-refractivity contribution in [3.63, 3.8) is 0 Å². The van der Waals surface area contributed by atoms with Gasteiger partial charge in [-0.25, -0.2) is 13.1 Å². The van der Waals surface area contributed by atoms with Gasteiger partial charge in [0.1, 0.15) is 4.90 Å². The zero-order valence-electron chi connectivity index (χ0n) is 11.1. The molecule has 0 aliphatic heterocycles. The summed E-state index contributed by atoms with van der Waals surface area (Å²) < 4.78 is 27.5. The minimum Gasteiger partial charge on any atom is -0.263 e. The molecule has 0 spiro atoms. The minimum atomic E-state index is -3.59. The van der Waals surface area contributed by atoms with Gasteiger partial charge in [-0.15, -0.1) is 0 Å². The van der Waals surface area contributed by atoms with Gasteiger partial charge in [0.05, 0.1) is 5.02 Å². The van der Waals surface area contributed by atoms with E-state index in [0.29, 0.717) is 11.8 Å².